The van der Waals surface area contributed by atoms with E-state index in [1.165, 1.54) is 23.5 Å². The molecule has 0 amide bonds. The van der Waals surface area contributed by atoms with Crippen LogP contribution in [-0.4, -0.2) is 4.98 Å². The van der Waals surface area contributed by atoms with E-state index in [1.807, 2.05) is 29.6 Å². The van der Waals surface area contributed by atoms with Crippen molar-refractivity contribution in [2.75, 3.05) is 5.32 Å². The van der Waals surface area contributed by atoms with Crippen molar-refractivity contribution in [2.45, 2.75) is 25.9 Å². The second kappa shape index (κ2) is 6.88. The molecule has 3 rings (SSSR count). The number of aromatic nitrogens is 1. The van der Waals surface area contributed by atoms with E-state index in [1.54, 1.807) is 6.20 Å². The Balaban J connectivity index is 2.06. The maximum atomic E-state index is 13.1. The van der Waals surface area contributed by atoms with Gasteiger partial charge >= 0.3 is 6.18 Å². The van der Waals surface area contributed by atoms with Crippen LogP contribution in [0.25, 0.3) is 11.1 Å². The molecule has 0 aliphatic heterocycles. The first-order valence-electron chi connectivity index (χ1n) is 7.82. The van der Waals surface area contributed by atoms with E-state index in [2.05, 4.69) is 24.1 Å². The summed E-state index contributed by atoms with van der Waals surface area (Å²) in [6, 6.07) is 11.3. The van der Waals surface area contributed by atoms with Gasteiger partial charge in [0.2, 0.25) is 0 Å². The zero-order valence-electron chi connectivity index (χ0n) is 13.8. The third kappa shape index (κ3) is 4.02. The van der Waals surface area contributed by atoms with Crippen molar-refractivity contribution in [3.63, 3.8) is 0 Å². The average molecular weight is 362 g/mol. The summed E-state index contributed by atoms with van der Waals surface area (Å²) < 4.78 is 39.4. The first-order chi connectivity index (χ1) is 11.8. The van der Waals surface area contributed by atoms with Crippen molar-refractivity contribution < 1.29 is 13.2 Å². The van der Waals surface area contributed by atoms with Crippen LogP contribution in [0.1, 0.15) is 30.9 Å². The number of nitrogens with zero attached hydrogens (tertiary/aromatic N) is 1. The Labute approximate surface area is 148 Å². The quantitative estimate of drug-likeness (QED) is 0.559. The monoisotopic (exact) mass is 362 g/mol. The summed E-state index contributed by atoms with van der Waals surface area (Å²) in [6.07, 6.45) is -2.74. The smallest absolute Gasteiger partial charge is 0.331 e. The van der Waals surface area contributed by atoms with Gasteiger partial charge in [0.1, 0.15) is 0 Å². The molecule has 0 bridgehead atoms. The van der Waals surface area contributed by atoms with Gasteiger partial charge in [0.05, 0.1) is 5.56 Å². The van der Waals surface area contributed by atoms with Gasteiger partial charge in [-0.25, -0.2) is 4.98 Å². The molecule has 6 heteroatoms. The summed E-state index contributed by atoms with van der Waals surface area (Å²) in [5.74, 6) is 0.364. The first-order valence-corrected chi connectivity index (χ1v) is 8.70. The number of alkyl halides is 3. The zero-order chi connectivity index (χ0) is 18.0. The molecule has 3 aromatic rings. The van der Waals surface area contributed by atoms with Gasteiger partial charge in [0.25, 0.3) is 0 Å². The maximum Gasteiger partial charge on any atom is 0.416 e. The van der Waals surface area contributed by atoms with E-state index in [0.29, 0.717) is 22.3 Å². The first kappa shape index (κ1) is 17.5. The van der Waals surface area contributed by atoms with Crippen molar-refractivity contribution >= 4 is 22.2 Å². The molecule has 130 valence electrons. The molecule has 2 nitrogen and oxygen atoms in total. The minimum absolute atomic E-state index is 0.364. The number of rotatable bonds is 4. The molecule has 0 spiro atoms. The van der Waals surface area contributed by atoms with Crippen molar-refractivity contribution in [3.8, 4) is 11.1 Å². The highest BCUT2D eigenvalue weighted by Crippen LogP contribution is 2.37. The lowest BCUT2D eigenvalue weighted by atomic mass is 9.96. The number of hydrogen-bond donors (Lipinski definition) is 1. The lowest BCUT2D eigenvalue weighted by Gasteiger charge is -2.15. The topological polar surface area (TPSA) is 24.9 Å². The van der Waals surface area contributed by atoms with Gasteiger partial charge in [0.15, 0.2) is 5.13 Å². The molecule has 1 heterocycles. The fourth-order valence-electron chi connectivity index (χ4n) is 2.52. The molecular weight excluding hydrogens is 345 g/mol. The fraction of sp³-hybridized carbons (Fsp3) is 0.211. The van der Waals surface area contributed by atoms with Crippen LogP contribution in [-0.2, 0) is 6.18 Å². The van der Waals surface area contributed by atoms with Gasteiger partial charge in [-0.05, 0) is 35.2 Å². The summed E-state index contributed by atoms with van der Waals surface area (Å²) in [7, 11) is 0. The Morgan fingerprint density at radius 1 is 1.04 bits per heavy atom. The molecule has 0 aliphatic carbocycles. The van der Waals surface area contributed by atoms with Crippen LogP contribution in [0.3, 0.4) is 0 Å². The van der Waals surface area contributed by atoms with Crippen molar-refractivity contribution in [1.82, 2.24) is 4.98 Å². The average Bonchev–Trinajstić information content (AvgIpc) is 3.07. The number of hydrogen-bond acceptors (Lipinski definition) is 3. The van der Waals surface area contributed by atoms with Crippen LogP contribution in [0.5, 0.6) is 0 Å². The lowest BCUT2D eigenvalue weighted by Crippen LogP contribution is -2.06. The molecule has 1 N–H and O–H groups in total. The van der Waals surface area contributed by atoms with Gasteiger partial charge in [-0.15, -0.1) is 11.3 Å². The van der Waals surface area contributed by atoms with Crippen molar-refractivity contribution in [1.29, 1.82) is 0 Å². The SMILES string of the molecule is CC(C)c1ccc(-c2cc(C(F)(F)F)ccc2Nc2nccs2)cc1. The van der Waals surface area contributed by atoms with Crippen LogP contribution in [0.4, 0.5) is 24.0 Å². The Bertz CT molecular complexity index is 838. The Kier molecular flexibility index (Phi) is 4.81. The van der Waals surface area contributed by atoms with Gasteiger partial charge in [-0.3, -0.25) is 0 Å². The van der Waals surface area contributed by atoms with Crippen LogP contribution >= 0.6 is 11.3 Å². The maximum absolute atomic E-state index is 13.1. The minimum atomic E-state index is -4.38. The fourth-order valence-corrected chi connectivity index (χ4v) is 3.06. The molecule has 25 heavy (non-hydrogen) atoms. The third-order valence-corrected chi connectivity index (χ3v) is 4.60. The van der Waals surface area contributed by atoms with E-state index in [9.17, 15) is 13.2 Å². The molecule has 0 radical (unpaired) electrons. The van der Waals surface area contributed by atoms with E-state index >= 15 is 0 Å². The summed E-state index contributed by atoms with van der Waals surface area (Å²) in [5, 5.41) is 5.55. The number of nitrogens with one attached hydrogen (secondary N) is 1. The number of benzene rings is 2. The third-order valence-electron chi connectivity index (χ3n) is 3.91. The predicted molar refractivity (Wildman–Crippen MR) is 96.4 cm³/mol. The van der Waals surface area contributed by atoms with Crippen molar-refractivity contribution in [3.05, 3.63) is 65.2 Å². The highest BCUT2D eigenvalue weighted by Gasteiger charge is 2.31. The minimum Gasteiger partial charge on any atom is -0.331 e. The van der Waals surface area contributed by atoms with E-state index in [4.69, 9.17) is 0 Å². The summed E-state index contributed by atoms with van der Waals surface area (Å²) in [6.45, 7) is 4.16. The number of anilines is 2. The molecule has 1 aromatic heterocycles. The largest absolute Gasteiger partial charge is 0.416 e. The number of thiazole rings is 1. The molecule has 0 unspecified atom stereocenters. The Morgan fingerprint density at radius 2 is 1.76 bits per heavy atom. The zero-order valence-corrected chi connectivity index (χ0v) is 14.6. The molecule has 2 aromatic carbocycles. The molecular formula is C19H17F3N2S. The normalized spacial score (nSPS) is 11.8. The summed E-state index contributed by atoms with van der Waals surface area (Å²) in [4.78, 5) is 4.14. The molecule has 0 saturated heterocycles. The van der Waals surface area contributed by atoms with Gasteiger partial charge in [-0.2, -0.15) is 13.2 Å². The molecule has 0 aliphatic rings. The van der Waals surface area contributed by atoms with Crippen LogP contribution in [0.2, 0.25) is 0 Å². The molecule has 0 fully saturated rings. The van der Waals surface area contributed by atoms with Crippen molar-refractivity contribution in [2.24, 2.45) is 0 Å². The van der Waals surface area contributed by atoms with Gasteiger partial charge in [-0.1, -0.05) is 38.1 Å². The lowest BCUT2D eigenvalue weighted by molar-refractivity contribution is -0.137. The standard InChI is InChI=1S/C19H17F3N2S/c1-12(2)13-3-5-14(6-4-13)16-11-15(19(20,21)22)7-8-17(16)24-18-23-9-10-25-18/h3-12H,1-2H3,(H,23,24). The van der Waals surface area contributed by atoms with E-state index < -0.39 is 11.7 Å². The summed E-state index contributed by atoms with van der Waals surface area (Å²) in [5.41, 5.74) is 2.31. The summed E-state index contributed by atoms with van der Waals surface area (Å²) >= 11 is 1.39. The number of halogens is 3. The Hall–Kier alpha value is -2.34. The Morgan fingerprint density at radius 3 is 2.32 bits per heavy atom. The van der Waals surface area contributed by atoms with Crippen LogP contribution < -0.4 is 5.32 Å². The second-order valence-corrected chi connectivity index (χ2v) is 6.89. The van der Waals surface area contributed by atoms with E-state index in [0.717, 1.165) is 17.2 Å². The second-order valence-electron chi connectivity index (χ2n) is 6.00. The molecule has 0 saturated carbocycles. The van der Waals surface area contributed by atoms with Crippen LogP contribution in [0, 0.1) is 0 Å². The van der Waals surface area contributed by atoms with Gasteiger partial charge in [0, 0.05) is 22.8 Å². The van der Waals surface area contributed by atoms with E-state index in [-0.39, 0.29) is 0 Å². The van der Waals surface area contributed by atoms with Gasteiger partial charge < -0.3 is 5.32 Å². The molecule has 0 atom stereocenters. The predicted octanol–water partition coefficient (Wildman–Crippen LogP) is 6.70. The highest BCUT2D eigenvalue weighted by atomic mass is 32.1. The van der Waals surface area contributed by atoms with Crippen LogP contribution in [0.15, 0.2) is 54.0 Å². The highest BCUT2D eigenvalue weighted by molar-refractivity contribution is 7.13.